The van der Waals surface area contributed by atoms with E-state index in [1.807, 2.05) is 31.2 Å². The molecule has 25 heavy (non-hydrogen) atoms. The Hall–Kier alpha value is -1.54. The first-order valence-electron chi connectivity index (χ1n) is 7.50. The van der Waals surface area contributed by atoms with E-state index in [4.69, 9.17) is 16.7 Å². The molecule has 0 aliphatic carbocycles. The maximum Gasteiger partial charge on any atom is 0.238 e. The van der Waals surface area contributed by atoms with Gasteiger partial charge in [0.1, 0.15) is 0 Å². The van der Waals surface area contributed by atoms with Gasteiger partial charge in [0.2, 0.25) is 15.9 Å². The van der Waals surface area contributed by atoms with Crippen molar-refractivity contribution in [1.82, 2.24) is 5.32 Å². The largest absolute Gasteiger partial charge is 0.349 e. The summed E-state index contributed by atoms with van der Waals surface area (Å²) in [7, 11) is -3.71. The second-order valence-electron chi connectivity index (χ2n) is 5.52. The van der Waals surface area contributed by atoms with Crippen molar-refractivity contribution in [3.8, 4) is 0 Å². The number of thioether (sulfide) groups is 1. The summed E-state index contributed by atoms with van der Waals surface area (Å²) >= 11 is 7.35. The van der Waals surface area contributed by atoms with Crippen molar-refractivity contribution in [2.75, 3.05) is 5.75 Å². The summed E-state index contributed by atoms with van der Waals surface area (Å²) in [5.41, 5.74) is 1.91. The van der Waals surface area contributed by atoms with Crippen LogP contribution in [-0.2, 0) is 20.6 Å². The van der Waals surface area contributed by atoms with Crippen LogP contribution in [-0.4, -0.2) is 20.1 Å². The number of rotatable bonds is 7. The van der Waals surface area contributed by atoms with Crippen LogP contribution in [0.2, 0.25) is 5.02 Å². The zero-order chi connectivity index (χ0) is 18.4. The summed E-state index contributed by atoms with van der Waals surface area (Å²) in [6, 6.07) is 13.4. The summed E-state index contributed by atoms with van der Waals surface area (Å²) in [4.78, 5) is 12.1. The fourth-order valence-corrected chi connectivity index (χ4v) is 3.60. The molecule has 0 bridgehead atoms. The lowest BCUT2D eigenvalue weighted by atomic mass is 10.1. The standard InChI is InChI=1S/C17H19ClN2O3S2/c1-12(14-4-8-16(9-5-14)25(19,22)23)20-17(21)11-24-10-13-2-6-15(18)7-3-13/h2-9,12H,10-11H2,1H3,(H,20,21)(H2,19,22,23)/t12-/m0/s1. The summed E-state index contributed by atoms with van der Waals surface area (Å²) in [5, 5.41) is 8.64. The van der Waals surface area contributed by atoms with Gasteiger partial charge in [0.05, 0.1) is 16.7 Å². The van der Waals surface area contributed by atoms with Gasteiger partial charge in [-0.2, -0.15) is 0 Å². The molecule has 0 aromatic heterocycles. The van der Waals surface area contributed by atoms with Crippen molar-refractivity contribution >= 4 is 39.3 Å². The number of carbonyl (C=O) groups is 1. The fourth-order valence-electron chi connectivity index (χ4n) is 2.15. The Morgan fingerprint density at radius 1 is 1.16 bits per heavy atom. The van der Waals surface area contributed by atoms with Gasteiger partial charge in [0.15, 0.2) is 0 Å². The van der Waals surface area contributed by atoms with E-state index in [0.29, 0.717) is 10.8 Å². The van der Waals surface area contributed by atoms with E-state index in [9.17, 15) is 13.2 Å². The van der Waals surface area contributed by atoms with Crippen LogP contribution in [0.5, 0.6) is 0 Å². The van der Waals surface area contributed by atoms with Crippen LogP contribution in [0.15, 0.2) is 53.4 Å². The van der Waals surface area contributed by atoms with Gasteiger partial charge in [-0.3, -0.25) is 4.79 Å². The van der Waals surface area contributed by atoms with Crippen molar-refractivity contribution in [1.29, 1.82) is 0 Å². The fraction of sp³-hybridized carbons (Fsp3) is 0.235. The van der Waals surface area contributed by atoms with Crippen LogP contribution >= 0.6 is 23.4 Å². The SMILES string of the molecule is C[C@H](NC(=O)CSCc1ccc(Cl)cc1)c1ccc(S(N)(=O)=O)cc1. The highest BCUT2D eigenvalue weighted by Crippen LogP contribution is 2.17. The Morgan fingerprint density at radius 2 is 1.76 bits per heavy atom. The lowest BCUT2D eigenvalue weighted by molar-refractivity contribution is -0.119. The highest BCUT2D eigenvalue weighted by Gasteiger charge is 2.12. The highest BCUT2D eigenvalue weighted by molar-refractivity contribution is 7.99. The van der Waals surface area contributed by atoms with E-state index in [1.165, 1.54) is 23.9 Å². The summed E-state index contributed by atoms with van der Waals surface area (Å²) in [6.07, 6.45) is 0. The molecule has 134 valence electrons. The Labute approximate surface area is 157 Å². The minimum atomic E-state index is -3.71. The van der Waals surface area contributed by atoms with Gasteiger partial charge in [-0.15, -0.1) is 11.8 Å². The first kappa shape index (κ1) is 19.8. The average Bonchev–Trinajstić information content (AvgIpc) is 2.56. The monoisotopic (exact) mass is 398 g/mol. The van der Waals surface area contributed by atoms with Gasteiger partial charge in [0.25, 0.3) is 0 Å². The maximum atomic E-state index is 12.0. The third-order valence-electron chi connectivity index (χ3n) is 3.50. The molecule has 1 amide bonds. The Bertz CT molecular complexity index is 822. The molecule has 0 spiro atoms. The van der Waals surface area contributed by atoms with E-state index in [0.717, 1.165) is 16.9 Å². The molecule has 0 heterocycles. The molecule has 2 rings (SSSR count). The molecule has 2 aromatic carbocycles. The topological polar surface area (TPSA) is 89.3 Å². The Balaban J connectivity index is 1.82. The lowest BCUT2D eigenvalue weighted by Crippen LogP contribution is -2.28. The third kappa shape index (κ3) is 6.36. The molecule has 0 unspecified atom stereocenters. The van der Waals surface area contributed by atoms with Gasteiger partial charge >= 0.3 is 0 Å². The van der Waals surface area contributed by atoms with Crippen molar-refractivity contribution < 1.29 is 13.2 Å². The highest BCUT2D eigenvalue weighted by atomic mass is 35.5. The van der Waals surface area contributed by atoms with E-state index < -0.39 is 10.0 Å². The van der Waals surface area contributed by atoms with Crippen LogP contribution in [0, 0.1) is 0 Å². The number of benzene rings is 2. The molecule has 1 atom stereocenters. The third-order valence-corrected chi connectivity index (χ3v) is 5.69. The number of carbonyl (C=O) groups excluding carboxylic acids is 1. The molecule has 2 aromatic rings. The Morgan fingerprint density at radius 3 is 2.32 bits per heavy atom. The second-order valence-corrected chi connectivity index (χ2v) is 8.51. The van der Waals surface area contributed by atoms with Crippen LogP contribution in [0.1, 0.15) is 24.1 Å². The quantitative estimate of drug-likeness (QED) is 0.749. The van der Waals surface area contributed by atoms with Crippen LogP contribution in [0.3, 0.4) is 0 Å². The predicted octanol–water partition coefficient (Wildman–Crippen LogP) is 3.10. The van der Waals surface area contributed by atoms with Crippen molar-refractivity contribution in [2.24, 2.45) is 5.14 Å². The number of hydrogen-bond acceptors (Lipinski definition) is 4. The normalized spacial score (nSPS) is 12.6. The molecule has 0 aliphatic heterocycles. The van der Waals surface area contributed by atoms with Gasteiger partial charge in [-0.05, 0) is 42.3 Å². The van der Waals surface area contributed by atoms with Crippen molar-refractivity contribution in [2.45, 2.75) is 23.6 Å². The second kappa shape index (κ2) is 8.71. The number of hydrogen-bond donors (Lipinski definition) is 2. The summed E-state index contributed by atoms with van der Waals surface area (Å²) in [6.45, 7) is 1.84. The molecular weight excluding hydrogens is 380 g/mol. The number of primary sulfonamides is 1. The Kier molecular flexibility index (Phi) is 6.89. The van der Waals surface area contributed by atoms with E-state index in [-0.39, 0.29) is 16.8 Å². The molecule has 0 radical (unpaired) electrons. The number of sulfonamides is 1. The predicted molar refractivity (Wildman–Crippen MR) is 102 cm³/mol. The molecule has 0 fully saturated rings. The molecular formula is C17H19ClN2O3S2. The van der Waals surface area contributed by atoms with Gasteiger partial charge in [-0.25, -0.2) is 13.6 Å². The van der Waals surface area contributed by atoms with Gasteiger partial charge < -0.3 is 5.32 Å². The molecule has 0 saturated carbocycles. The molecule has 8 heteroatoms. The zero-order valence-electron chi connectivity index (χ0n) is 13.6. The van der Waals surface area contributed by atoms with Gasteiger partial charge in [-0.1, -0.05) is 35.9 Å². The lowest BCUT2D eigenvalue weighted by Gasteiger charge is -2.14. The van der Waals surface area contributed by atoms with E-state index >= 15 is 0 Å². The first-order chi connectivity index (χ1) is 11.8. The van der Waals surface area contributed by atoms with E-state index in [2.05, 4.69) is 5.32 Å². The molecule has 0 aliphatic rings. The molecule has 0 saturated heterocycles. The number of nitrogens with one attached hydrogen (secondary N) is 1. The minimum Gasteiger partial charge on any atom is -0.349 e. The molecule has 3 N–H and O–H groups in total. The van der Waals surface area contributed by atoms with Crippen LogP contribution in [0.25, 0.3) is 0 Å². The first-order valence-corrected chi connectivity index (χ1v) is 10.6. The number of amides is 1. The number of halogens is 1. The number of nitrogens with two attached hydrogens (primary N) is 1. The smallest absolute Gasteiger partial charge is 0.238 e. The zero-order valence-corrected chi connectivity index (χ0v) is 16.0. The van der Waals surface area contributed by atoms with Crippen molar-refractivity contribution in [3.63, 3.8) is 0 Å². The summed E-state index contributed by atoms with van der Waals surface area (Å²) in [5.74, 6) is 0.978. The average molecular weight is 399 g/mol. The molecule has 5 nitrogen and oxygen atoms in total. The van der Waals surface area contributed by atoms with E-state index in [1.54, 1.807) is 12.1 Å². The van der Waals surface area contributed by atoms with Gasteiger partial charge in [0, 0.05) is 10.8 Å². The maximum absolute atomic E-state index is 12.0. The summed E-state index contributed by atoms with van der Waals surface area (Å²) < 4.78 is 22.5. The minimum absolute atomic E-state index is 0.0493. The van der Waals surface area contributed by atoms with Crippen LogP contribution < -0.4 is 10.5 Å². The van der Waals surface area contributed by atoms with Crippen LogP contribution in [0.4, 0.5) is 0 Å². The van der Waals surface area contributed by atoms with Crippen molar-refractivity contribution in [3.05, 3.63) is 64.7 Å².